The first-order chi connectivity index (χ1) is 6.44. The molecule has 1 aromatic carbocycles. The smallest absolute Gasteiger partial charge is 0.404 e. The second-order valence-electron chi connectivity index (χ2n) is 2.28. The number of nitrogens with zero attached hydrogens (tertiary/aromatic N) is 1. The minimum atomic E-state index is -4.81. The quantitative estimate of drug-likeness (QED) is 0.730. The van der Waals surface area contributed by atoms with Crippen molar-refractivity contribution in [2.45, 2.75) is 6.36 Å². The van der Waals surface area contributed by atoms with Crippen LogP contribution in [-0.4, -0.2) is 6.36 Å². The third-order valence-electron chi connectivity index (χ3n) is 1.31. The van der Waals surface area contributed by atoms with Gasteiger partial charge in [-0.05, 0) is 12.1 Å². The fourth-order valence-corrected chi connectivity index (χ4v) is 1.01. The van der Waals surface area contributed by atoms with E-state index in [1.165, 1.54) is 12.1 Å². The number of ether oxygens (including phenoxy) is 1. The molecule has 2 nitrogen and oxygen atoms in total. The first kappa shape index (κ1) is 10.7. The lowest BCUT2D eigenvalue weighted by Crippen LogP contribution is -2.17. The number of benzene rings is 1. The summed E-state index contributed by atoms with van der Waals surface area (Å²) in [4.78, 5) is 0. The summed E-state index contributed by atoms with van der Waals surface area (Å²) < 4.78 is 39.0. The monoisotopic (exact) mass is 221 g/mol. The lowest BCUT2D eigenvalue weighted by molar-refractivity contribution is -0.274. The summed E-state index contributed by atoms with van der Waals surface area (Å²) >= 11 is 5.47. The van der Waals surface area contributed by atoms with Crippen LogP contribution < -0.4 is 4.74 Å². The Kier molecular flexibility index (Phi) is 2.87. The summed E-state index contributed by atoms with van der Waals surface area (Å²) in [6, 6.07) is 5.23. The third kappa shape index (κ3) is 2.54. The zero-order valence-electron chi connectivity index (χ0n) is 6.60. The lowest BCUT2D eigenvalue weighted by Gasteiger charge is -2.10. The molecule has 0 saturated heterocycles. The molecule has 0 aliphatic rings. The highest BCUT2D eigenvalue weighted by molar-refractivity contribution is 6.33. The van der Waals surface area contributed by atoms with Crippen molar-refractivity contribution in [1.82, 2.24) is 0 Å². The summed E-state index contributed by atoms with van der Waals surface area (Å²) in [6.45, 7) is 0. The van der Waals surface area contributed by atoms with E-state index in [-0.39, 0.29) is 10.6 Å². The second kappa shape index (κ2) is 3.76. The standard InChI is InChI=1S/C8H3ClF3NO/c9-7-5(4-13)2-1-3-6(7)14-8(10,11)12/h1-3H. The maximum atomic E-state index is 11.8. The zero-order chi connectivity index (χ0) is 10.8. The van der Waals surface area contributed by atoms with Crippen molar-refractivity contribution in [2.75, 3.05) is 0 Å². The van der Waals surface area contributed by atoms with E-state index in [2.05, 4.69) is 4.74 Å². The Morgan fingerprint density at radius 1 is 1.36 bits per heavy atom. The van der Waals surface area contributed by atoms with Crippen LogP contribution in [-0.2, 0) is 0 Å². The van der Waals surface area contributed by atoms with Crippen LogP contribution in [0.4, 0.5) is 13.2 Å². The highest BCUT2D eigenvalue weighted by Gasteiger charge is 2.32. The molecule has 0 bridgehead atoms. The first-order valence-electron chi connectivity index (χ1n) is 3.38. The van der Waals surface area contributed by atoms with Crippen LogP contribution in [0.1, 0.15) is 5.56 Å². The van der Waals surface area contributed by atoms with E-state index in [4.69, 9.17) is 16.9 Å². The van der Waals surface area contributed by atoms with Gasteiger partial charge in [-0.3, -0.25) is 0 Å². The van der Waals surface area contributed by atoms with E-state index in [1.54, 1.807) is 6.07 Å². The summed E-state index contributed by atoms with van der Waals surface area (Å²) in [7, 11) is 0. The molecule has 0 aliphatic carbocycles. The molecule has 0 aliphatic heterocycles. The van der Waals surface area contributed by atoms with Crippen LogP contribution in [0.5, 0.6) is 5.75 Å². The van der Waals surface area contributed by atoms with Crippen molar-refractivity contribution >= 4 is 11.6 Å². The maximum Gasteiger partial charge on any atom is 0.573 e. The number of nitriles is 1. The van der Waals surface area contributed by atoms with Gasteiger partial charge in [0.2, 0.25) is 0 Å². The van der Waals surface area contributed by atoms with Crippen molar-refractivity contribution in [3.05, 3.63) is 28.8 Å². The van der Waals surface area contributed by atoms with Crippen molar-refractivity contribution < 1.29 is 17.9 Å². The molecule has 6 heteroatoms. The van der Waals surface area contributed by atoms with Gasteiger partial charge in [0.1, 0.15) is 16.8 Å². The van der Waals surface area contributed by atoms with Gasteiger partial charge in [0, 0.05) is 0 Å². The molecule has 0 atom stereocenters. The predicted molar refractivity (Wildman–Crippen MR) is 42.9 cm³/mol. The van der Waals surface area contributed by atoms with Gasteiger partial charge in [0.15, 0.2) is 0 Å². The summed E-state index contributed by atoms with van der Waals surface area (Å²) in [5.41, 5.74) is -0.0617. The van der Waals surface area contributed by atoms with E-state index in [1.807, 2.05) is 0 Å². The maximum absolute atomic E-state index is 11.8. The van der Waals surface area contributed by atoms with Crippen molar-refractivity contribution in [3.63, 3.8) is 0 Å². The molecule has 1 rings (SSSR count). The van der Waals surface area contributed by atoms with Gasteiger partial charge in [-0.2, -0.15) is 5.26 Å². The van der Waals surface area contributed by atoms with Gasteiger partial charge in [0.05, 0.1) is 5.56 Å². The van der Waals surface area contributed by atoms with Gasteiger partial charge < -0.3 is 4.74 Å². The average Bonchev–Trinajstić information content (AvgIpc) is 2.06. The van der Waals surface area contributed by atoms with Gasteiger partial charge >= 0.3 is 6.36 Å². The molecule has 0 spiro atoms. The molecule has 0 saturated carbocycles. The Morgan fingerprint density at radius 3 is 2.50 bits per heavy atom. The normalized spacial score (nSPS) is 10.8. The fourth-order valence-electron chi connectivity index (χ4n) is 0.801. The molecule has 0 N–H and O–H groups in total. The van der Waals surface area contributed by atoms with Crippen LogP contribution in [0.25, 0.3) is 0 Å². The van der Waals surface area contributed by atoms with Gasteiger partial charge in [-0.1, -0.05) is 17.7 Å². The summed E-state index contributed by atoms with van der Waals surface area (Å²) in [5.74, 6) is -0.571. The Labute approximate surface area is 82.5 Å². The Bertz CT molecular complexity index is 383. The molecular weight excluding hydrogens is 219 g/mol. The molecule has 14 heavy (non-hydrogen) atoms. The molecule has 74 valence electrons. The van der Waals surface area contributed by atoms with Crippen LogP contribution in [0, 0.1) is 11.3 Å². The van der Waals surface area contributed by atoms with Gasteiger partial charge in [-0.25, -0.2) is 0 Å². The second-order valence-corrected chi connectivity index (χ2v) is 2.66. The van der Waals surface area contributed by atoms with Crippen LogP contribution in [0.3, 0.4) is 0 Å². The molecular formula is C8H3ClF3NO. The van der Waals surface area contributed by atoms with E-state index in [0.717, 1.165) is 6.07 Å². The largest absolute Gasteiger partial charge is 0.573 e. The Balaban J connectivity index is 3.06. The van der Waals surface area contributed by atoms with Crippen molar-refractivity contribution in [1.29, 1.82) is 5.26 Å². The zero-order valence-corrected chi connectivity index (χ0v) is 7.36. The van der Waals surface area contributed by atoms with Crippen LogP contribution >= 0.6 is 11.6 Å². The predicted octanol–water partition coefficient (Wildman–Crippen LogP) is 3.11. The first-order valence-corrected chi connectivity index (χ1v) is 3.76. The van der Waals surface area contributed by atoms with Crippen LogP contribution in [0.2, 0.25) is 5.02 Å². The fraction of sp³-hybridized carbons (Fsp3) is 0.125. The lowest BCUT2D eigenvalue weighted by atomic mass is 10.2. The van der Waals surface area contributed by atoms with Gasteiger partial charge in [-0.15, -0.1) is 13.2 Å². The Hall–Kier alpha value is -1.41. The van der Waals surface area contributed by atoms with Crippen LogP contribution in [0.15, 0.2) is 18.2 Å². The highest BCUT2D eigenvalue weighted by atomic mass is 35.5. The average molecular weight is 222 g/mol. The number of halogens is 4. The van der Waals surface area contributed by atoms with Crippen molar-refractivity contribution in [3.8, 4) is 11.8 Å². The molecule has 0 radical (unpaired) electrons. The summed E-state index contributed by atoms with van der Waals surface area (Å²) in [5, 5.41) is 8.13. The molecule has 0 aromatic heterocycles. The molecule has 1 aromatic rings. The molecule has 0 unspecified atom stereocenters. The van der Waals surface area contributed by atoms with Gasteiger partial charge in [0.25, 0.3) is 0 Å². The minimum Gasteiger partial charge on any atom is -0.404 e. The topological polar surface area (TPSA) is 33.0 Å². The molecule has 0 amide bonds. The highest BCUT2D eigenvalue weighted by Crippen LogP contribution is 2.31. The minimum absolute atomic E-state index is 0.0617. The van der Waals surface area contributed by atoms with Crippen molar-refractivity contribution in [2.24, 2.45) is 0 Å². The molecule has 0 heterocycles. The Morgan fingerprint density at radius 2 is 2.00 bits per heavy atom. The SMILES string of the molecule is N#Cc1cccc(OC(F)(F)F)c1Cl. The van der Waals surface area contributed by atoms with E-state index < -0.39 is 12.1 Å². The van der Waals surface area contributed by atoms with E-state index in [9.17, 15) is 13.2 Å². The molecule has 0 fully saturated rings. The number of rotatable bonds is 1. The number of hydrogen-bond donors (Lipinski definition) is 0. The number of alkyl halides is 3. The third-order valence-corrected chi connectivity index (χ3v) is 1.70. The van der Waals surface area contributed by atoms with E-state index in [0.29, 0.717) is 0 Å². The summed E-state index contributed by atoms with van der Waals surface area (Å²) in [6.07, 6.45) is -4.81. The number of hydrogen-bond acceptors (Lipinski definition) is 2. The van der Waals surface area contributed by atoms with E-state index >= 15 is 0 Å².